The summed E-state index contributed by atoms with van der Waals surface area (Å²) >= 11 is 9.56. The molecule has 0 heterocycles. The molecule has 178 valence electrons. The fraction of sp³-hybridized carbons (Fsp3) is 0.259. The Morgan fingerprint density at radius 2 is 1.68 bits per heavy atom. The van der Waals surface area contributed by atoms with Crippen LogP contribution in [0.5, 0.6) is 5.75 Å². The molecule has 0 fully saturated rings. The Labute approximate surface area is 214 Å². The van der Waals surface area contributed by atoms with Gasteiger partial charge in [0, 0.05) is 25.0 Å². The van der Waals surface area contributed by atoms with Gasteiger partial charge in [-0.1, -0.05) is 67.1 Å². The second-order valence-electron chi connectivity index (χ2n) is 7.87. The standard InChI is InChI=1S/C27H28BrClN2O3/c1-3-19-11-14-25(23(28)15-19)34-18-26(32)31(17-21-9-12-22(29)13-10-21)24(27(33)30-2)16-20-7-5-4-6-8-20/h4-15,24H,3,16-18H2,1-2H3,(H,30,33)/t24-/m0/s1. The third-order valence-corrected chi connectivity index (χ3v) is 6.41. The Hall–Kier alpha value is -2.83. The Balaban J connectivity index is 1.86. The van der Waals surface area contributed by atoms with E-state index in [0.717, 1.165) is 27.6 Å². The van der Waals surface area contributed by atoms with Crippen LogP contribution < -0.4 is 10.1 Å². The smallest absolute Gasteiger partial charge is 0.261 e. The van der Waals surface area contributed by atoms with Crippen molar-refractivity contribution in [2.24, 2.45) is 0 Å². The fourth-order valence-electron chi connectivity index (χ4n) is 3.61. The molecule has 0 aliphatic rings. The maximum atomic E-state index is 13.5. The molecule has 3 aromatic rings. The number of likely N-dealkylation sites (N-methyl/N-ethyl adjacent to an activating group) is 1. The molecule has 0 aliphatic carbocycles. The van der Waals surface area contributed by atoms with Crippen LogP contribution in [0.2, 0.25) is 5.02 Å². The molecular weight excluding hydrogens is 516 g/mol. The number of aryl methyl sites for hydroxylation is 1. The molecule has 5 nitrogen and oxygen atoms in total. The molecule has 0 unspecified atom stereocenters. The zero-order valence-electron chi connectivity index (χ0n) is 19.3. The molecule has 0 aliphatic heterocycles. The van der Waals surface area contributed by atoms with Crippen LogP contribution in [-0.2, 0) is 29.0 Å². The average molecular weight is 544 g/mol. The number of carbonyl (C=O) groups excluding carboxylic acids is 2. The van der Waals surface area contributed by atoms with Gasteiger partial charge in [-0.3, -0.25) is 9.59 Å². The molecule has 0 saturated carbocycles. The topological polar surface area (TPSA) is 58.6 Å². The molecule has 0 aromatic heterocycles. The van der Waals surface area contributed by atoms with Gasteiger partial charge in [0.1, 0.15) is 11.8 Å². The summed E-state index contributed by atoms with van der Waals surface area (Å²) < 4.78 is 6.65. The second kappa shape index (κ2) is 12.6. The summed E-state index contributed by atoms with van der Waals surface area (Å²) in [6, 6.07) is 22.0. The minimum atomic E-state index is -0.704. The molecule has 0 bridgehead atoms. The van der Waals surface area contributed by atoms with Crippen molar-refractivity contribution in [2.45, 2.75) is 32.4 Å². The summed E-state index contributed by atoms with van der Waals surface area (Å²) in [6.07, 6.45) is 1.29. The minimum absolute atomic E-state index is 0.194. The molecular formula is C27H28BrClN2O3. The van der Waals surface area contributed by atoms with Crippen LogP contribution >= 0.6 is 27.5 Å². The van der Waals surface area contributed by atoms with Crippen molar-refractivity contribution in [1.82, 2.24) is 10.2 Å². The van der Waals surface area contributed by atoms with Crippen molar-refractivity contribution in [1.29, 1.82) is 0 Å². The van der Waals surface area contributed by atoms with E-state index < -0.39 is 6.04 Å². The molecule has 7 heteroatoms. The normalized spacial score (nSPS) is 11.5. The van der Waals surface area contributed by atoms with Crippen LogP contribution in [0.1, 0.15) is 23.6 Å². The first-order valence-electron chi connectivity index (χ1n) is 11.1. The van der Waals surface area contributed by atoms with E-state index in [1.807, 2.05) is 60.7 Å². The zero-order valence-corrected chi connectivity index (χ0v) is 21.6. The zero-order chi connectivity index (χ0) is 24.5. The first kappa shape index (κ1) is 25.8. The lowest BCUT2D eigenvalue weighted by molar-refractivity contribution is -0.142. The predicted octanol–water partition coefficient (Wildman–Crippen LogP) is 5.43. The Kier molecular flexibility index (Phi) is 9.54. The highest BCUT2D eigenvalue weighted by molar-refractivity contribution is 9.10. The van der Waals surface area contributed by atoms with Crippen molar-refractivity contribution in [3.05, 3.63) is 99.0 Å². The largest absolute Gasteiger partial charge is 0.483 e. The summed E-state index contributed by atoms with van der Waals surface area (Å²) in [4.78, 5) is 28.0. The van der Waals surface area contributed by atoms with Crippen LogP contribution in [0.3, 0.4) is 0 Å². The number of benzene rings is 3. The molecule has 0 radical (unpaired) electrons. The molecule has 0 spiro atoms. The Morgan fingerprint density at radius 3 is 2.29 bits per heavy atom. The second-order valence-corrected chi connectivity index (χ2v) is 9.17. The van der Waals surface area contributed by atoms with E-state index >= 15 is 0 Å². The number of hydrogen-bond acceptors (Lipinski definition) is 3. The van der Waals surface area contributed by atoms with Crippen molar-refractivity contribution in [3.8, 4) is 5.75 Å². The number of rotatable bonds is 10. The van der Waals surface area contributed by atoms with Gasteiger partial charge in [0.2, 0.25) is 5.91 Å². The summed E-state index contributed by atoms with van der Waals surface area (Å²) in [6.45, 7) is 2.13. The van der Waals surface area contributed by atoms with Crippen molar-refractivity contribution >= 4 is 39.3 Å². The van der Waals surface area contributed by atoms with Crippen LogP contribution in [0.15, 0.2) is 77.3 Å². The summed E-state index contributed by atoms with van der Waals surface area (Å²) in [7, 11) is 1.58. The van der Waals surface area contributed by atoms with Crippen molar-refractivity contribution < 1.29 is 14.3 Å². The molecule has 1 N–H and O–H groups in total. The van der Waals surface area contributed by atoms with Gasteiger partial charge in [-0.2, -0.15) is 0 Å². The van der Waals surface area contributed by atoms with Crippen molar-refractivity contribution in [2.75, 3.05) is 13.7 Å². The first-order chi connectivity index (χ1) is 16.4. The average Bonchev–Trinajstić information content (AvgIpc) is 2.86. The van der Waals surface area contributed by atoms with Gasteiger partial charge in [-0.25, -0.2) is 0 Å². The summed E-state index contributed by atoms with van der Waals surface area (Å²) in [5, 5.41) is 3.32. The number of hydrogen-bond donors (Lipinski definition) is 1. The van der Waals surface area contributed by atoms with Gasteiger partial charge in [-0.15, -0.1) is 0 Å². The quantitative estimate of drug-likeness (QED) is 0.371. The van der Waals surface area contributed by atoms with Gasteiger partial charge in [-0.05, 0) is 63.3 Å². The van der Waals surface area contributed by atoms with E-state index in [1.54, 1.807) is 24.1 Å². The number of nitrogens with one attached hydrogen (secondary N) is 1. The minimum Gasteiger partial charge on any atom is -0.483 e. The SMILES string of the molecule is CCc1ccc(OCC(=O)N(Cc2ccc(Cl)cc2)[C@@H](Cc2ccccc2)C(=O)NC)c(Br)c1. The van der Waals surface area contributed by atoms with E-state index in [0.29, 0.717) is 17.2 Å². The third-order valence-electron chi connectivity index (χ3n) is 5.54. The molecule has 3 rings (SSSR count). The van der Waals surface area contributed by atoms with Crippen LogP contribution in [0.4, 0.5) is 0 Å². The number of amides is 2. The molecule has 3 aromatic carbocycles. The molecule has 0 saturated heterocycles. The third kappa shape index (κ3) is 7.08. The number of halogens is 2. The number of nitrogens with zero attached hydrogens (tertiary/aromatic N) is 1. The fourth-order valence-corrected chi connectivity index (χ4v) is 4.28. The summed E-state index contributed by atoms with van der Waals surface area (Å²) in [5.41, 5.74) is 2.99. The highest BCUT2D eigenvalue weighted by Crippen LogP contribution is 2.26. The maximum Gasteiger partial charge on any atom is 0.261 e. The van der Waals surface area contributed by atoms with Gasteiger partial charge < -0.3 is 15.0 Å². The van der Waals surface area contributed by atoms with E-state index in [1.165, 1.54) is 0 Å². The maximum absolute atomic E-state index is 13.5. The molecule has 2 amide bonds. The summed E-state index contributed by atoms with van der Waals surface area (Å²) in [5.74, 6) is 0.0575. The Bertz CT molecular complexity index is 1110. The molecule has 1 atom stereocenters. The van der Waals surface area contributed by atoms with Gasteiger partial charge in [0.15, 0.2) is 6.61 Å². The lowest BCUT2D eigenvalue weighted by atomic mass is 10.0. The lowest BCUT2D eigenvalue weighted by Gasteiger charge is -2.31. The van der Waals surface area contributed by atoms with Gasteiger partial charge in [0.05, 0.1) is 4.47 Å². The van der Waals surface area contributed by atoms with Gasteiger partial charge in [0.25, 0.3) is 5.91 Å². The van der Waals surface area contributed by atoms with Crippen LogP contribution in [0, 0.1) is 0 Å². The highest BCUT2D eigenvalue weighted by atomic mass is 79.9. The predicted molar refractivity (Wildman–Crippen MR) is 139 cm³/mol. The highest BCUT2D eigenvalue weighted by Gasteiger charge is 2.30. The van der Waals surface area contributed by atoms with Crippen molar-refractivity contribution in [3.63, 3.8) is 0 Å². The van der Waals surface area contributed by atoms with E-state index in [4.69, 9.17) is 16.3 Å². The van der Waals surface area contributed by atoms with E-state index in [9.17, 15) is 9.59 Å². The number of carbonyl (C=O) groups is 2. The molecule has 34 heavy (non-hydrogen) atoms. The van der Waals surface area contributed by atoms with Crippen LogP contribution in [0.25, 0.3) is 0 Å². The Morgan fingerprint density at radius 1 is 1.00 bits per heavy atom. The van der Waals surface area contributed by atoms with Gasteiger partial charge >= 0.3 is 0 Å². The lowest BCUT2D eigenvalue weighted by Crippen LogP contribution is -2.51. The first-order valence-corrected chi connectivity index (χ1v) is 12.3. The number of ether oxygens (including phenoxy) is 1. The monoisotopic (exact) mass is 542 g/mol. The van der Waals surface area contributed by atoms with E-state index in [-0.39, 0.29) is 25.0 Å². The van der Waals surface area contributed by atoms with Crippen LogP contribution in [-0.4, -0.2) is 36.4 Å². The van der Waals surface area contributed by atoms with E-state index in [2.05, 4.69) is 28.2 Å².